The highest BCUT2D eigenvalue weighted by atomic mass is 15.5. The topological polar surface area (TPSA) is 68.8 Å². The van der Waals surface area contributed by atoms with E-state index in [1.54, 1.807) is 11.7 Å². The summed E-state index contributed by atoms with van der Waals surface area (Å²) in [6.07, 6.45) is -0.340. The first kappa shape index (κ1) is 11.0. The Labute approximate surface area is 94.6 Å². The smallest absolute Gasteiger partial charge is 0.155 e. The number of rotatable bonds is 3. The minimum absolute atomic E-state index is 0.340. The van der Waals surface area contributed by atoms with Gasteiger partial charge in [-0.05, 0) is 30.7 Å². The minimum atomic E-state index is -0.340. The maximum absolute atomic E-state index is 5.88. The zero-order valence-electron chi connectivity index (χ0n) is 9.81. The molecule has 5 nitrogen and oxygen atoms in total. The molecule has 5 heteroatoms. The summed E-state index contributed by atoms with van der Waals surface area (Å²) in [5, 5.41) is 11.1. The molecule has 0 saturated heterocycles. The van der Waals surface area contributed by atoms with Crippen molar-refractivity contribution in [2.75, 3.05) is 7.05 Å². The molecule has 0 bridgehead atoms. The maximum atomic E-state index is 5.88. The summed E-state index contributed by atoms with van der Waals surface area (Å²) in [5.41, 5.74) is 8.98. The fraction of sp³-hybridized carbons (Fsp3) is 0.455. The van der Waals surface area contributed by atoms with Crippen LogP contribution in [0, 0.1) is 0 Å². The van der Waals surface area contributed by atoms with Crippen molar-refractivity contribution < 1.29 is 0 Å². The van der Waals surface area contributed by atoms with Crippen molar-refractivity contribution in [3.63, 3.8) is 0 Å². The number of aromatic nitrogens is 3. The molecule has 3 N–H and O–H groups in total. The summed E-state index contributed by atoms with van der Waals surface area (Å²) < 4.78 is 1.70. The van der Waals surface area contributed by atoms with Crippen LogP contribution in [-0.2, 0) is 0 Å². The zero-order chi connectivity index (χ0) is 11.7. The highest BCUT2D eigenvalue weighted by Crippen LogP contribution is 2.20. The van der Waals surface area contributed by atoms with Crippen LogP contribution in [0.3, 0.4) is 0 Å². The fourth-order valence-corrected chi connectivity index (χ4v) is 1.64. The summed E-state index contributed by atoms with van der Waals surface area (Å²) in [5.74, 6) is 0.485. The van der Waals surface area contributed by atoms with Crippen molar-refractivity contribution in [2.45, 2.75) is 26.1 Å². The predicted octanol–water partition coefficient (Wildman–Crippen LogP) is 1.19. The van der Waals surface area contributed by atoms with E-state index >= 15 is 0 Å². The first-order chi connectivity index (χ1) is 7.63. The monoisotopic (exact) mass is 219 g/mol. The first-order valence-electron chi connectivity index (χ1n) is 5.41. The molecule has 0 aliphatic carbocycles. The second-order valence-corrected chi connectivity index (χ2v) is 4.17. The normalized spacial score (nSPS) is 13.6. The predicted molar refractivity (Wildman–Crippen MR) is 63.9 cm³/mol. The average molecular weight is 219 g/mol. The lowest BCUT2D eigenvalue weighted by atomic mass is 10.0. The van der Waals surface area contributed by atoms with Crippen LogP contribution >= 0.6 is 0 Å². The Hall–Kier alpha value is -1.46. The highest BCUT2D eigenvalue weighted by Gasteiger charge is 2.10. The van der Waals surface area contributed by atoms with Gasteiger partial charge in [0.1, 0.15) is 5.52 Å². The summed E-state index contributed by atoms with van der Waals surface area (Å²) >= 11 is 0. The van der Waals surface area contributed by atoms with Gasteiger partial charge in [0.2, 0.25) is 0 Å². The number of hydrogen-bond donors (Lipinski definition) is 2. The van der Waals surface area contributed by atoms with E-state index in [9.17, 15) is 0 Å². The lowest BCUT2D eigenvalue weighted by Gasteiger charge is -2.11. The van der Waals surface area contributed by atoms with E-state index in [2.05, 4.69) is 41.6 Å². The number of nitrogens with zero attached hydrogens (tertiary/aromatic N) is 3. The van der Waals surface area contributed by atoms with Crippen molar-refractivity contribution in [2.24, 2.45) is 5.73 Å². The van der Waals surface area contributed by atoms with E-state index in [-0.39, 0.29) is 6.29 Å². The van der Waals surface area contributed by atoms with Crippen molar-refractivity contribution in [3.8, 4) is 0 Å². The molecule has 16 heavy (non-hydrogen) atoms. The molecule has 0 amide bonds. The third kappa shape index (κ3) is 1.79. The Morgan fingerprint density at radius 2 is 2.12 bits per heavy atom. The third-order valence-electron chi connectivity index (χ3n) is 2.72. The molecular weight excluding hydrogens is 202 g/mol. The average Bonchev–Trinajstić information content (AvgIpc) is 2.70. The molecule has 1 aromatic heterocycles. The lowest BCUT2D eigenvalue weighted by Crippen LogP contribution is -2.31. The molecule has 0 saturated carbocycles. The van der Waals surface area contributed by atoms with Crippen LogP contribution in [0.5, 0.6) is 0 Å². The summed E-state index contributed by atoms with van der Waals surface area (Å²) in [6, 6.07) is 6.16. The van der Waals surface area contributed by atoms with Gasteiger partial charge in [-0.3, -0.25) is 11.1 Å². The number of benzene rings is 1. The van der Waals surface area contributed by atoms with Gasteiger partial charge in [-0.2, -0.15) is 0 Å². The molecule has 1 unspecified atom stereocenters. The van der Waals surface area contributed by atoms with Gasteiger partial charge in [-0.25, -0.2) is 4.68 Å². The Kier molecular flexibility index (Phi) is 2.89. The molecule has 2 rings (SSSR count). The van der Waals surface area contributed by atoms with Gasteiger partial charge in [0.05, 0.1) is 5.52 Å². The standard InChI is InChI=1S/C11H17N5/c1-7(2)8-4-5-9-10(6-8)16(15-14-9)11(12)13-3/h4-7,11,13H,12H2,1-3H3. The van der Waals surface area contributed by atoms with E-state index in [4.69, 9.17) is 5.73 Å². The van der Waals surface area contributed by atoms with Crippen LogP contribution in [-0.4, -0.2) is 22.0 Å². The van der Waals surface area contributed by atoms with Gasteiger partial charge in [0, 0.05) is 0 Å². The third-order valence-corrected chi connectivity index (χ3v) is 2.72. The summed E-state index contributed by atoms with van der Waals surface area (Å²) in [4.78, 5) is 0. The largest absolute Gasteiger partial charge is 0.297 e. The van der Waals surface area contributed by atoms with Gasteiger partial charge >= 0.3 is 0 Å². The minimum Gasteiger partial charge on any atom is -0.297 e. The number of fused-ring (bicyclic) bond motifs is 1. The number of nitrogens with two attached hydrogens (primary N) is 1. The molecule has 86 valence electrons. The molecule has 0 spiro atoms. The molecule has 1 heterocycles. The number of nitrogens with one attached hydrogen (secondary N) is 1. The van der Waals surface area contributed by atoms with Gasteiger partial charge in [-0.15, -0.1) is 5.10 Å². The second-order valence-electron chi connectivity index (χ2n) is 4.17. The maximum Gasteiger partial charge on any atom is 0.155 e. The van der Waals surface area contributed by atoms with Crippen LogP contribution in [0.1, 0.15) is 31.6 Å². The van der Waals surface area contributed by atoms with E-state index in [0.29, 0.717) is 5.92 Å². The first-order valence-corrected chi connectivity index (χ1v) is 5.41. The van der Waals surface area contributed by atoms with E-state index in [1.807, 2.05) is 6.07 Å². The van der Waals surface area contributed by atoms with Crippen molar-refractivity contribution in [3.05, 3.63) is 23.8 Å². The summed E-state index contributed by atoms with van der Waals surface area (Å²) in [6.45, 7) is 4.32. The lowest BCUT2D eigenvalue weighted by molar-refractivity contribution is 0.413. The molecular formula is C11H17N5. The fourth-order valence-electron chi connectivity index (χ4n) is 1.64. The van der Waals surface area contributed by atoms with Gasteiger partial charge < -0.3 is 0 Å². The molecule has 1 aromatic carbocycles. The van der Waals surface area contributed by atoms with Gasteiger partial charge in [0.15, 0.2) is 6.29 Å². The summed E-state index contributed by atoms with van der Waals surface area (Å²) in [7, 11) is 1.80. The highest BCUT2D eigenvalue weighted by molar-refractivity contribution is 5.75. The molecule has 0 fully saturated rings. The number of hydrogen-bond acceptors (Lipinski definition) is 4. The van der Waals surface area contributed by atoms with Crippen LogP contribution in [0.15, 0.2) is 18.2 Å². The molecule has 0 radical (unpaired) electrons. The van der Waals surface area contributed by atoms with Gasteiger partial charge in [0.25, 0.3) is 0 Å². The Bertz CT molecular complexity index is 488. The van der Waals surface area contributed by atoms with E-state index in [0.717, 1.165) is 11.0 Å². The Morgan fingerprint density at radius 1 is 1.38 bits per heavy atom. The van der Waals surface area contributed by atoms with Crippen LogP contribution in [0.25, 0.3) is 11.0 Å². The molecule has 0 aliphatic rings. The SMILES string of the molecule is CNC(N)n1nnc2ccc(C(C)C)cc21. The van der Waals surface area contributed by atoms with E-state index in [1.165, 1.54) is 5.56 Å². The second kappa shape index (κ2) is 4.19. The van der Waals surface area contributed by atoms with Crippen molar-refractivity contribution in [1.29, 1.82) is 0 Å². The molecule has 1 atom stereocenters. The van der Waals surface area contributed by atoms with Crippen molar-refractivity contribution >= 4 is 11.0 Å². The quantitative estimate of drug-likeness (QED) is 0.761. The Balaban J connectivity index is 2.55. The van der Waals surface area contributed by atoms with Crippen LogP contribution in [0.4, 0.5) is 0 Å². The van der Waals surface area contributed by atoms with Gasteiger partial charge in [-0.1, -0.05) is 25.1 Å². The van der Waals surface area contributed by atoms with Crippen LogP contribution in [0.2, 0.25) is 0 Å². The Morgan fingerprint density at radius 3 is 2.75 bits per heavy atom. The zero-order valence-corrected chi connectivity index (χ0v) is 9.81. The molecule has 0 aliphatic heterocycles. The molecule has 2 aromatic rings. The van der Waals surface area contributed by atoms with Crippen LogP contribution < -0.4 is 11.1 Å². The van der Waals surface area contributed by atoms with E-state index < -0.39 is 0 Å². The van der Waals surface area contributed by atoms with Crippen molar-refractivity contribution in [1.82, 2.24) is 20.3 Å².